The van der Waals surface area contributed by atoms with Gasteiger partial charge in [-0.25, -0.2) is 4.79 Å². The van der Waals surface area contributed by atoms with E-state index in [0.717, 1.165) is 0 Å². The van der Waals surface area contributed by atoms with Gasteiger partial charge in [0.2, 0.25) is 5.91 Å². The molecule has 3 unspecified atom stereocenters. The highest BCUT2D eigenvalue weighted by Crippen LogP contribution is 2.08. The molecular weight excluding hydrogens is 290 g/mol. The molecule has 0 aromatic carbocycles. The summed E-state index contributed by atoms with van der Waals surface area (Å²) in [5.74, 6) is -2.69. The summed E-state index contributed by atoms with van der Waals surface area (Å²) in [6, 6.07) is -1.97. The summed E-state index contributed by atoms with van der Waals surface area (Å²) in [5.41, 5.74) is 5.20. The van der Waals surface area contributed by atoms with Crippen molar-refractivity contribution in [1.82, 2.24) is 10.6 Å². The first kappa shape index (κ1) is 20.3. The average molecular weight is 317 g/mol. The number of rotatable bonds is 9. The number of aliphatic hydroxyl groups is 1. The third-order valence-corrected chi connectivity index (χ3v) is 3.10. The van der Waals surface area contributed by atoms with Crippen LogP contribution < -0.4 is 16.4 Å². The summed E-state index contributed by atoms with van der Waals surface area (Å²) in [5, 5.41) is 23.3. The average Bonchev–Trinajstić information content (AvgIpc) is 2.41. The van der Waals surface area contributed by atoms with E-state index in [1.807, 2.05) is 13.8 Å². The Hall–Kier alpha value is -1.67. The van der Waals surface area contributed by atoms with Gasteiger partial charge < -0.3 is 26.6 Å². The van der Waals surface area contributed by atoms with Crippen molar-refractivity contribution in [3.8, 4) is 0 Å². The van der Waals surface area contributed by atoms with Crippen LogP contribution in [0.4, 0.5) is 0 Å². The van der Waals surface area contributed by atoms with Gasteiger partial charge >= 0.3 is 5.97 Å². The number of aliphatic carboxylic acids is 1. The van der Waals surface area contributed by atoms with Crippen LogP contribution in [0.25, 0.3) is 0 Å². The Bertz CT molecular complexity index is 398. The van der Waals surface area contributed by atoms with Crippen LogP contribution in [0.3, 0.4) is 0 Å². The number of carbonyl (C=O) groups is 3. The number of amides is 2. The van der Waals surface area contributed by atoms with Gasteiger partial charge in [-0.3, -0.25) is 9.59 Å². The molecule has 0 saturated carbocycles. The molecule has 8 nitrogen and oxygen atoms in total. The topological polar surface area (TPSA) is 142 Å². The Morgan fingerprint density at radius 1 is 1.05 bits per heavy atom. The lowest BCUT2D eigenvalue weighted by Crippen LogP contribution is -2.55. The Morgan fingerprint density at radius 3 is 1.95 bits per heavy atom. The second-order valence-electron chi connectivity index (χ2n) is 6.01. The molecule has 0 heterocycles. The highest BCUT2D eigenvalue weighted by Gasteiger charge is 2.29. The van der Waals surface area contributed by atoms with E-state index >= 15 is 0 Å². The monoisotopic (exact) mass is 317 g/mol. The zero-order chi connectivity index (χ0) is 17.4. The fraction of sp³-hybridized carbons (Fsp3) is 0.786. The van der Waals surface area contributed by atoms with E-state index in [0.29, 0.717) is 6.42 Å². The number of nitrogens with one attached hydrogen (secondary N) is 2. The fourth-order valence-corrected chi connectivity index (χ4v) is 1.85. The standard InChI is InChI=1S/C14H27N3O5/c1-7(2)5-9(16-13(20)10(18)6-15)12(19)17-11(8(3)4)14(21)22/h7-11,18H,5-6,15H2,1-4H3,(H,16,20)(H,17,19)(H,21,22). The van der Waals surface area contributed by atoms with Crippen molar-refractivity contribution >= 4 is 17.8 Å². The van der Waals surface area contributed by atoms with Crippen LogP contribution in [0.15, 0.2) is 0 Å². The molecule has 0 bridgehead atoms. The van der Waals surface area contributed by atoms with Gasteiger partial charge in [0.25, 0.3) is 5.91 Å². The maximum atomic E-state index is 12.2. The van der Waals surface area contributed by atoms with Crippen molar-refractivity contribution in [3.05, 3.63) is 0 Å². The van der Waals surface area contributed by atoms with E-state index < -0.39 is 36.0 Å². The number of carboxylic acids is 1. The molecule has 0 aromatic heterocycles. The first-order chi connectivity index (χ1) is 10.1. The van der Waals surface area contributed by atoms with Crippen molar-refractivity contribution in [1.29, 1.82) is 0 Å². The molecule has 6 N–H and O–H groups in total. The van der Waals surface area contributed by atoms with Gasteiger partial charge in [-0.2, -0.15) is 0 Å². The Labute approximate surface area is 130 Å². The van der Waals surface area contributed by atoms with Gasteiger partial charge in [-0.15, -0.1) is 0 Å². The number of aliphatic hydroxyl groups excluding tert-OH is 1. The maximum absolute atomic E-state index is 12.2. The lowest BCUT2D eigenvalue weighted by Gasteiger charge is -2.25. The van der Waals surface area contributed by atoms with Crippen LogP contribution >= 0.6 is 0 Å². The Balaban J connectivity index is 4.98. The number of hydrogen-bond acceptors (Lipinski definition) is 5. The smallest absolute Gasteiger partial charge is 0.326 e. The van der Waals surface area contributed by atoms with Gasteiger partial charge in [0.05, 0.1) is 0 Å². The quantitative estimate of drug-likeness (QED) is 0.372. The fourth-order valence-electron chi connectivity index (χ4n) is 1.85. The zero-order valence-corrected chi connectivity index (χ0v) is 13.5. The molecule has 0 aliphatic rings. The minimum absolute atomic E-state index is 0.0911. The summed E-state index contributed by atoms with van der Waals surface area (Å²) < 4.78 is 0. The number of carboxylic acid groups (broad SMARTS) is 1. The molecule has 0 rings (SSSR count). The highest BCUT2D eigenvalue weighted by atomic mass is 16.4. The van der Waals surface area contributed by atoms with Gasteiger partial charge in [0.1, 0.15) is 18.2 Å². The van der Waals surface area contributed by atoms with E-state index in [4.69, 9.17) is 10.8 Å². The van der Waals surface area contributed by atoms with Crippen molar-refractivity contribution in [2.45, 2.75) is 52.3 Å². The van der Waals surface area contributed by atoms with Gasteiger partial charge in [-0.05, 0) is 18.3 Å². The van der Waals surface area contributed by atoms with Crippen molar-refractivity contribution in [3.63, 3.8) is 0 Å². The van der Waals surface area contributed by atoms with Crippen LogP contribution in [0.5, 0.6) is 0 Å². The predicted octanol–water partition coefficient (Wildman–Crippen LogP) is -0.938. The summed E-state index contributed by atoms with van der Waals surface area (Å²) in [4.78, 5) is 35.1. The van der Waals surface area contributed by atoms with E-state index in [1.165, 1.54) is 0 Å². The molecule has 22 heavy (non-hydrogen) atoms. The Morgan fingerprint density at radius 2 is 1.59 bits per heavy atom. The van der Waals surface area contributed by atoms with Crippen LogP contribution in [0.2, 0.25) is 0 Å². The zero-order valence-electron chi connectivity index (χ0n) is 13.5. The molecule has 2 amide bonds. The first-order valence-corrected chi connectivity index (χ1v) is 7.31. The summed E-state index contributed by atoms with van der Waals surface area (Å²) in [6.45, 7) is 6.82. The number of hydrogen-bond donors (Lipinski definition) is 5. The molecule has 0 fully saturated rings. The maximum Gasteiger partial charge on any atom is 0.326 e. The van der Waals surface area contributed by atoms with E-state index in [1.54, 1.807) is 13.8 Å². The first-order valence-electron chi connectivity index (χ1n) is 7.31. The molecular formula is C14H27N3O5. The number of carbonyl (C=O) groups excluding carboxylic acids is 2. The Kier molecular flexibility index (Phi) is 8.66. The van der Waals surface area contributed by atoms with Crippen LogP contribution in [-0.4, -0.2) is 52.7 Å². The van der Waals surface area contributed by atoms with E-state index in [-0.39, 0.29) is 18.4 Å². The molecule has 0 saturated heterocycles. The molecule has 0 spiro atoms. The highest BCUT2D eigenvalue weighted by molar-refractivity contribution is 5.91. The van der Waals surface area contributed by atoms with Gasteiger partial charge in [-0.1, -0.05) is 27.7 Å². The molecule has 3 atom stereocenters. The van der Waals surface area contributed by atoms with E-state index in [9.17, 15) is 19.5 Å². The molecule has 0 aliphatic heterocycles. The predicted molar refractivity (Wildman–Crippen MR) is 80.9 cm³/mol. The lowest BCUT2D eigenvalue weighted by atomic mass is 10.0. The molecule has 128 valence electrons. The third-order valence-electron chi connectivity index (χ3n) is 3.10. The third kappa shape index (κ3) is 6.86. The summed E-state index contributed by atoms with van der Waals surface area (Å²) in [6.07, 6.45) is -1.08. The summed E-state index contributed by atoms with van der Waals surface area (Å²) in [7, 11) is 0. The molecule has 8 heteroatoms. The second kappa shape index (κ2) is 9.37. The second-order valence-corrected chi connectivity index (χ2v) is 6.01. The minimum atomic E-state index is -1.40. The minimum Gasteiger partial charge on any atom is -0.480 e. The number of nitrogens with two attached hydrogens (primary N) is 1. The lowest BCUT2D eigenvalue weighted by molar-refractivity contribution is -0.143. The van der Waals surface area contributed by atoms with Crippen molar-refractivity contribution < 1.29 is 24.6 Å². The van der Waals surface area contributed by atoms with Gasteiger partial charge in [0.15, 0.2) is 0 Å². The largest absolute Gasteiger partial charge is 0.480 e. The van der Waals surface area contributed by atoms with Crippen molar-refractivity contribution in [2.75, 3.05) is 6.54 Å². The van der Waals surface area contributed by atoms with Gasteiger partial charge in [0, 0.05) is 6.54 Å². The normalized spacial score (nSPS) is 15.3. The molecule has 0 aromatic rings. The van der Waals surface area contributed by atoms with E-state index in [2.05, 4.69) is 10.6 Å². The van der Waals surface area contributed by atoms with Crippen LogP contribution in [0, 0.1) is 11.8 Å². The summed E-state index contributed by atoms with van der Waals surface area (Å²) >= 11 is 0. The SMILES string of the molecule is CC(C)CC(NC(=O)C(O)CN)C(=O)NC(C(=O)O)C(C)C. The van der Waals surface area contributed by atoms with Crippen LogP contribution in [-0.2, 0) is 14.4 Å². The van der Waals surface area contributed by atoms with Crippen molar-refractivity contribution in [2.24, 2.45) is 17.6 Å². The molecule has 0 aliphatic carbocycles. The van der Waals surface area contributed by atoms with Crippen LogP contribution in [0.1, 0.15) is 34.1 Å². The molecule has 0 radical (unpaired) electrons.